The number of hydrogen-bond acceptors (Lipinski definition) is 3. The molecule has 0 heterocycles. The summed E-state index contributed by atoms with van der Waals surface area (Å²) in [6.07, 6.45) is 0. The zero-order valence-electron chi connectivity index (χ0n) is 15.2. The minimum Gasteiger partial charge on any atom is -0.383 e. The van der Waals surface area contributed by atoms with Crippen molar-refractivity contribution in [3.8, 4) is 0 Å². The average molecular weight is 452 g/mol. The molecule has 5 nitrogen and oxygen atoms in total. The number of nitrogens with one attached hydrogen (secondary N) is 2. The van der Waals surface area contributed by atoms with Crippen LogP contribution in [0.1, 0.15) is 25.0 Å². The van der Waals surface area contributed by atoms with Crippen molar-refractivity contribution < 1.29 is 9.13 Å². The topological polar surface area (TPSA) is 48.9 Å². The number of hydrogen-bond donors (Lipinski definition) is 2. The van der Waals surface area contributed by atoms with Crippen LogP contribution in [-0.2, 0) is 17.8 Å². The second kappa shape index (κ2) is 12.4. The minimum absolute atomic E-state index is 0. The van der Waals surface area contributed by atoms with Crippen molar-refractivity contribution in [3.05, 3.63) is 35.1 Å². The van der Waals surface area contributed by atoms with Gasteiger partial charge in [0.1, 0.15) is 5.82 Å². The highest BCUT2D eigenvalue weighted by molar-refractivity contribution is 14.0. The fourth-order valence-corrected chi connectivity index (χ4v) is 2.20. The van der Waals surface area contributed by atoms with E-state index in [0.717, 1.165) is 18.1 Å². The SMILES string of the molecule is CCNC(=NCc1ccc(F)c(CN(C)C)c1)NC(C)COC.I. The zero-order chi connectivity index (χ0) is 17.2. The van der Waals surface area contributed by atoms with Gasteiger partial charge in [-0.3, -0.25) is 0 Å². The smallest absolute Gasteiger partial charge is 0.191 e. The van der Waals surface area contributed by atoms with Gasteiger partial charge in [0, 0.05) is 31.8 Å². The van der Waals surface area contributed by atoms with Crippen molar-refractivity contribution in [2.24, 2.45) is 4.99 Å². The molecule has 0 bridgehead atoms. The molecule has 138 valence electrons. The van der Waals surface area contributed by atoms with Crippen LogP contribution in [0.15, 0.2) is 23.2 Å². The number of halogens is 2. The predicted octanol–water partition coefficient (Wildman–Crippen LogP) is 2.60. The minimum atomic E-state index is -0.176. The summed E-state index contributed by atoms with van der Waals surface area (Å²) in [4.78, 5) is 6.51. The second-order valence-corrected chi connectivity index (χ2v) is 5.86. The summed E-state index contributed by atoms with van der Waals surface area (Å²) in [5.41, 5.74) is 1.67. The molecule has 0 aromatic heterocycles. The van der Waals surface area contributed by atoms with E-state index in [1.165, 1.54) is 6.07 Å². The van der Waals surface area contributed by atoms with E-state index in [0.29, 0.717) is 25.3 Å². The van der Waals surface area contributed by atoms with E-state index >= 15 is 0 Å². The van der Waals surface area contributed by atoms with Gasteiger partial charge in [0.25, 0.3) is 0 Å². The van der Waals surface area contributed by atoms with Gasteiger partial charge in [-0.15, -0.1) is 24.0 Å². The fraction of sp³-hybridized carbons (Fsp3) is 0.588. The van der Waals surface area contributed by atoms with Crippen molar-refractivity contribution in [2.75, 3.05) is 34.4 Å². The van der Waals surface area contributed by atoms with Gasteiger partial charge in [0.2, 0.25) is 0 Å². The number of benzene rings is 1. The lowest BCUT2D eigenvalue weighted by Crippen LogP contribution is -2.43. The van der Waals surface area contributed by atoms with Crippen LogP contribution in [0.3, 0.4) is 0 Å². The van der Waals surface area contributed by atoms with Crippen LogP contribution < -0.4 is 10.6 Å². The Balaban J connectivity index is 0.00000529. The van der Waals surface area contributed by atoms with Crippen molar-refractivity contribution in [2.45, 2.75) is 33.0 Å². The highest BCUT2D eigenvalue weighted by Gasteiger charge is 2.07. The van der Waals surface area contributed by atoms with Crippen LogP contribution in [-0.4, -0.2) is 51.3 Å². The van der Waals surface area contributed by atoms with Gasteiger partial charge in [-0.1, -0.05) is 6.07 Å². The molecule has 2 N–H and O–H groups in total. The third-order valence-corrected chi connectivity index (χ3v) is 3.16. The maximum atomic E-state index is 13.8. The Morgan fingerprint density at radius 3 is 2.67 bits per heavy atom. The summed E-state index contributed by atoms with van der Waals surface area (Å²) in [6.45, 7) is 6.51. The zero-order valence-corrected chi connectivity index (χ0v) is 17.6. The molecule has 0 aliphatic heterocycles. The summed E-state index contributed by atoms with van der Waals surface area (Å²) >= 11 is 0. The monoisotopic (exact) mass is 452 g/mol. The first kappa shape index (κ1) is 23.1. The number of methoxy groups -OCH3 is 1. The molecular formula is C17H30FIN4O. The van der Waals surface area contributed by atoms with Gasteiger partial charge < -0.3 is 20.3 Å². The van der Waals surface area contributed by atoms with Gasteiger partial charge in [-0.2, -0.15) is 0 Å². The van der Waals surface area contributed by atoms with Crippen LogP contribution in [0.2, 0.25) is 0 Å². The van der Waals surface area contributed by atoms with Crippen LogP contribution >= 0.6 is 24.0 Å². The molecule has 0 saturated heterocycles. The van der Waals surface area contributed by atoms with E-state index in [1.807, 2.05) is 38.9 Å². The lowest BCUT2D eigenvalue weighted by molar-refractivity contribution is 0.179. The Labute approximate surface area is 162 Å². The van der Waals surface area contributed by atoms with Crippen molar-refractivity contribution >= 4 is 29.9 Å². The quantitative estimate of drug-likeness (QED) is 0.362. The molecule has 0 amide bonds. The molecular weight excluding hydrogens is 422 g/mol. The Hall–Kier alpha value is -0.930. The Morgan fingerprint density at radius 1 is 1.38 bits per heavy atom. The molecule has 1 rings (SSSR count). The molecule has 0 saturated carbocycles. The molecule has 0 aliphatic carbocycles. The number of ether oxygens (including phenoxy) is 1. The summed E-state index contributed by atoms with van der Waals surface area (Å²) in [6, 6.07) is 5.33. The third kappa shape index (κ3) is 8.79. The number of guanidine groups is 1. The van der Waals surface area contributed by atoms with Gasteiger partial charge in [0.15, 0.2) is 5.96 Å². The third-order valence-electron chi connectivity index (χ3n) is 3.16. The molecule has 1 atom stereocenters. The molecule has 0 aliphatic rings. The molecule has 1 unspecified atom stereocenters. The van der Waals surface area contributed by atoms with Crippen molar-refractivity contribution in [1.82, 2.24) is 15.5 Å². The molecule has 1 aromatic rings. The Morgan fingerprint density at radius 2 is 2.08 bits per heavy atom. The summed E-state index contributed by atoms with van der Waals surface area (Å²) < 4.78 is 18.9. The van der Waals surface area contributed by atoms with Crippen LogP contribution in [0.4, 0.5) is 4.39 Å². The lowest BCUT2D eigenvalue weighted by Gasteiger charge is -2.17. The van der Waals surface area contributed by atoms with Crippen LogP contribution in [0, 0.1) is 5.82 Å². The Kier molecular flexibility index (Phi) is 12.0. The van der Waals surface area contributed by atoms with E-state index in [1.54, 1.807) is 13.2 Å². The van der Waals surface area contributed by atoms with Gasteiger partial charge in [-0.05, 0) is 45.6 Å². The average Bonchev–Trinajstić information content (AvgIpc) is 2.47. The Bertz CT molecular complexity index is 511. The fourth-order valence-electron chi connectivity index (χ4n) is 2.20. The van der Waals surface area contributed by atoms with E-state index in [2.05, 4.69) is 15.6 Å². The first-order chi connectivity index (χ1) is 11.0. The first-order valence-corrected chi connectivity index (χ1v) is 7.92. The molecule has 7 heteroatoms. The first-order valence-electron chi connectivity index (χ1n) is 7.92. The van der Waals surface area contributed by atoms with Crippen LogP contribution in [0.25, 0.3) is 0 Å². The number of aliphatic imine (C=N–C) groups is 1. The normalized spacial score (nSPS) is 12.7. The summed E-state index contributed by atoms with van der Waals surface area (Å²) in [7, 11) is 5.52. The van der Waals surface area contributed by atoms with Gasteiger partial charge in [-0.25, -0.2) is 9.38 Å². The lowest BCUT2D eigenvalue weighted by atomic mass is 10.1. The standard InChI is InChI=1S/C17H29FN4O.HI/c1-6-19-17(21-13(2)12-23-5)20-10-14-7-8-16(18)15(9-14)11-22(3)4;/h7-9,13H,6,10-12H2,1-5H3,(H2,19,20,21);1H. The number of rotatable bonds is 8. The number of nitrogens with zero attached hydrogens (tertiary/aromatic N) is 2. The summed E-state index contributed by atoms with van der Waals surface area (Å²) in [5.74, 6) is 0.556. The molecule has 1 aromatic carbocycles. The van der Waals surface area contributed by atoms with Crippen molar-refractivity contribution in [1.29, 1.82) is 0 Å². The van der Waals surface area contributed by atoms with Crippen molar-refractivity contribution in [3.63, 3.8) is 0 Å². The highest BCUT2D eigenvalue weighted by Crippen LogP contribution is 2.13. The van der Waals surface area contributed by atoms with Crippen LogP contribution in [0.5, 0.6) is 0 Å². The molecule has 0 spiro atoms. The van der Waals surface area contributed by atoms with E-state index < -0.39 is 0 Å². The summed E-state index contributed by atoms with van der Waals surface area (Å²) in [5, 5.41) is 6.48. The predicted molar refractivity (Wildman–Crippen MR) is 108 cm³/mol. The highest BCUT2D eigenvalue weighted by atomic mass is 127. The largest absolute Gasteiger partial charge is 0.383 e. The van der Waals surface area contributed by atoms with Gasteiger partial charge in [0.05, 0.1) is 13.2 Å². The molecule has 0 radical (unpaired) electrons. The molecule has 24 heavy (non-hydrogen) atoms. The van der Waals surface area contributed by atoms with Gasteiger partial charge >= 0.3 is 0 Å². The maximum Gasteiger partial charge on any atom is 0.191 e. The van der Waals surface area contributed by atoms with E-state index in [-0.39, 0.29) is 35.8 Å². The van der Waals surface area contributed by atoms with E-state index in [9.17, 15) is 4.39 Å². The second-order valence-electron chi connectivity index (χ2n) is 5.86. The van der Waals surface area contributed by atoms with E-state index in [4.69, 9.17) is 4.74 Å². The molecule has 0 fully saturated rings. The maximum absolute atomic E-state index is 13.8.